The van der Waals surface area contributed by atoms with Gasteiger partial charge < -0.3 is 5.32 Å². The van der Waals surface area contributed by atoms with Crippen LogP contribution in [-0.2, 0) is 6.54 Å². The van der Waals surface area contributed by atoms with Gasteiger partial charge in [0.25, 0.3) is 0 Å². The zero-order valence-corrected chi connectivity index (χ0v) is 11.1. The molecule has 0 bridgehead atoms. The molecule has 0 radical (unpaired) electrons. The first-order chi connectivity index (χ1) is 8.92. The topological polar surface area (TPSA) is 15.3 Å². The molecule has 2 nitrogen and oxygen atoms in total. The van der Waals surface area contributed by atoms with Gasteiger partial charge in [-0.3, -0.25) is 4.90 Å². The average Bonchev–Trinajstić information content (AvgIpc) is 2.64. The molecule has 2 heterocycles. The second-order valence-electron chi connectivity index (χ2n) is 5.83. The molecule has 0 spiro atoms. The van der Waals surface area contributed by atoms with Crippen molar-refractivity contribution in [3.8, 4) is 0 Å². The van der Waals surface area contributed by atoms with Gasteiger partial charge in [0, 0.05) is 19.1 Å². The van der Waals surface area contributed by atoms with Gasteiger partial charge in [-0.2, -0.15) is 0 Å². The standard InChI is InChI=1S/C16H24N2/c1-2-6-14(7-3-1)12-18-11-9-16-15(13-18)8-4-5-10-17-16/h1-3,6-7,15-17H,4-5,8-13H2. The third-order valence-electron chi connectivity index (χ3n) is 4.48. The largest absolute Gasteiger partial charge is 0.314 e. The predicted octanol–water partition coefficient (Wildman–Crippen LogP) is 2.65. The van der Waals surface area contributed by atoms with Crippen LogP contribution in [0, 0.1) is 5.92 Å². The van der Waals surface area contributed by atoms with Crippen LogP contribution in [-0.4, -0.2) is 30.6 Å². The first-order valence-electron chi connectivity index (χ1n) is 7.41. The molecule has 0 saturated carbocycles. The molecule has 2 aliphatic rings. The van der Waals surface area contributed by atoms with Gasteiger partial charge in [-0.05, 0) is 43.8 Å². The molecule has 2 aliphatic heterocycles. The van der Waals surface area contributed by atoms with Crippen molar-refractivity contribution in [2.24, 2.45) is 5.92 Å². The lowest BCUT2D eigenvalue weighted by Crippen LogP contribution is -2.48. The summed E-state index contributed by atoms with van der Waals surface area (Å²) in [7, 11) is 0. The minimum Gasteiger partial charge on any atom is -0.314 e. The summed E-state index contributed by atoms with van der Waals surface area (Å²) in [5, 5.41) is 3.74. The van der Waals surface area contributed by atoms with E-state index in [1.54, 1.807) is 0 Å². The number of likely N-dealkylation sites (tertiary alicyclic amines) is 1. The lowest BCUT2D eigenvalue weighted by molar-refractivity contribution is 0.132. The number of piperidine rings is 1. The van der Waals surface area contributed by atoms with Crippen molar-refractivity contribution in [2.45, 2.75) is 38.3 Å². The van der Waals surface area contributed by atoms with Crippen LogP contribution >= 0.6 is 0 Å². The number of hydrogen-bond donors (Lipinski definition) is 1. The number of nitrogens with one attached hydrogen (secondary N) is 1. The molecule has 0 amide bonds. The van der Waals surface area contributed by atoms with E-state index in [1.165, 1.54) is 50.9 Å². The van der Waals surface area contributed by atoms with Crippen LogP contribution in [0.3, 0.4) is 0 Å². The molecule has 98 valence electrons. The van der Waals surface area contributed by atoms with E-state index >= 15 is 0 Å². The molecular formula is C16H24N2. The van der Waals surface area contributed by atoms with Crippen molar-refractivity contribution in [3.05, 3.63) is 35.9 Å². The number of rotatable bonds is 2. The fourth-order valence-electron chi connectivity index (χ4n) is 3.47. The Morgan fingerprint density at radius 1 is 1.11 bits per heavy atom. The van der Waals surface area contributed by atoms with E-state index in [-0.39, 0.29) is 0 Å². The van der Waals surface area contributed by atoms with Gasteiger partial charge in [0.05, 0.1) is 0 Å². The van der Waals surface area contributed by atoms with Crippen LogP contribution in [0.25, 0.3) is 0 Å². The maximum atomic E-state index is 3.74. The highest BCUT2D eigenvalue weighted by Crippen LogP contribution is 2.25. The Balaban J connectivity index is 1.59. The molecule has 18 heavy (non-hydrogen) atoms. The summed E-state index contributed by atoms with van der Waals surface area (Å²) >= 11 is 0. The normalized spacial score (nSPS) is 29.6. The van der Waals surface area contributed by atoms with E-state index in [2.05, 4.69) is 40.5 Å². The lowest BCUT2D eigenvalue weighted by atomic mass is 9.89. The van der Waals surface area contributed by atoms with Gasteiger partial charge in [-0.1, -0.05) is 36.8 Å². The summed E-state index contributed by atoms with van der Waals surface area (Å²) in [6, 6.07) is 11.7. The summed E-state index contributed by atoms with van der Waals surface area (Å²) in [6.07, 6.45) is 5.53. The molecule has 1 N–H and O–H groups in total. The van der Waals surface area contributed by atoms with Crippen molar-refractivity contribution in [1.82, 2.24) is 10.2 Å². The van der Waals surface area contributed by atoms with Crippen molar-refractivity contribution >= 4 is 0 Å². The molecule has 2 heteroatoms. The fourth-order valence-corrected chi connectivity index (χ4v) is 3.47. The van der Waals surface area contributed by atoms with Crippen molar-refractivity contribution in [1.29, 1.82) is 0 Å². The lowest BCUT2D eigenvalue weighted by Gasteiger charge is -2.38. The smallest absolute Gasteiger partial charge is 0.0233 e. The summed E-state index contributed by atoms with van der Waals surface area (Å²) < 4.78 is 0. The summed E-state index contributed by atoms with van der Waals surface area (Å²) in [6.45, 7) is 4.90. The molecule has 2 unspecified atom stereocenters. The zero-order valence-electron chi connectivity index (χ0n) is 11.1. The fraction of sp³-hybridized carbons (Fsp3) is 0.625. The minimum absolute atomic E-state index is 0.791. The van der Waals surface area contributed by atoms with Crippen LogP contribution in [0.1, 0.15) is 31.2 Å². The van der Waals surface area contributed by atoms with Crippen LogP contribution in [0.4, 0.5) is 0 Å². The van der Waals surface area contributed by atoms with Gasteiger partial charge in [-0.15, -0.1) is 0 Å². The Morgan fingerprint density at radius 2 is 2.00 bits per heavy atom. The van der Waals surface area contributed by atoms with Crippen molar-refractivity contribution < 1.29 is 0 Å². The first-order valence-corrected chi connectivity index (χ1v) is 7.41. The van der Waals surface area contributed by atoms with E-state index in [4.69, 9.17) is 0 Å². The predicted molar refractivity (Wildman–Crippen MR) is 75.5 cm³/mol. The summed E-state index contributed by atoms with van der Waals surface area (Å²) in [4.78, 5) is 2.64. The number of benzene rings is 1. The van der Waals surface area contributed by atoms with Crippen LogP contribution in [0.2, 0.25) is 0 Å². The Kier molecular flexibility index (Phi) is 3.96. The van der Waals surface area contributed by atoms with Gasteiger partial charge >= 0.3 is 0 Å². The first kappa shape index (κ1) is 12.2. The van der Waals surface area contributed by atoms with Gasteiger partial charge in [-0.25, -0.2) is 0 Å². The van der Waals surface area contributed by atoms with Gasteiger partial charge in [0.2, 0.25) is 0 Å². The van der Waals surface area contributed by atoms with E-state index < -0.39 is 0 Å². The number of nitrogens with zero attached hydrogens (tertiary/aromatic N) is 1. The van der Waals surface area contributed by atoms with Crippen molar-refractivity contribution in [2.75, 3.05) is 19.6 Å². The van der Waals surface area contributed by atoms with Crippen LogP contribution in [0.15, 0.2) is 30.3 Å². The van der Waals surface area contributed by atoms with Crippen molar-refractivity contribution in [3.63, 3.8) is 0 Å². The second-order valence-corrected chi connectivity index (χ2v) is 5.83. The molecule has 1 aromatic carbocycles. The molecule has 2 atom stereocenters. The number of hydrogen-bond acceptors (Lipinski definition) is 2. The monoisotopic (exact) mass is 244 g/mol. The third kappa shape index (κ3) is 2.93. The highest BCUT2D eigenvalue weighted by Gasteiger charge is 2.29. The Bertz CT molecular complexity index is 363. The molecular weight excluding hydrogens is 220 g/mol. The number of fused-ring (bicyclic) bond motifs is 1. The maximum Gasteiger partial charge on any atom is 0.0233 e. The summed E-state index contributed by atoms with van der Waals surface area (Å²) in [5.41, 5.74) is 1.46. The quantitative estimate of drug-likeness (QED) is 0.860. The zero-order chi connectivity index (χ0) is 12.2. The molecule has 0 aromatic heterocycles. The van der Waals surface area contributed by atoms with Gasteiger partial charge in [0.15, 0.2) is 0 Å². The van der Waals surface area contributed by atoms with Crippen LogP contribution < -0.4 is 5.32 Å². The highest BCUT2D eigenvalue weighted by molar-refractivity contribution is 5.14. The van der Waals surface area contributed by atoms with Crippen LogP contribution in [0.5, 0.6) is 0 Å². The SMILES string of the molecule is c1ccc(CN2CCC3NCCCCC3C2)cc1. The highest BCUT2D eigenvalue weighted by atomic mass is 15.1. The minimum atomic E-state index is 0.791. The second kappa shape index (κ2) is 5.85. The Hall–Kier alpha value is -0.860. The Morgan fingerprint density at radius 3 is 2.89 bits per heavy atom. The molecule has 1 aromatic rings. The third-order valence-corrected chi connectivity index (χ3v) is 4.48. The molecule has 2 saturated heterocycles. The van der Waals surface area contributed by atoms with E-state index in [9.17, 15) is 0 Å². The van der Waals surface area contributed by atoms with E-state index in [0.717, 1.165) is 18.5 Å². The van der Waals surface area contributed by atoms with Gasteiger partial charge in [0.1, 0.15) is 0 Å². The molecule has 0 aliphatic carbocycles. The maximum absolute atomic E-state index is 3.74. The average molecular weight is 244 g/mol. The summed E-state index contributed by atoms with van der Waals surface area (Å²) in [5.74, 6) is 0.880. The molecule has 2 fully saturated rings. The Labute approximate surface area is 110 Å². The molecule has 3 rings (SSSR count). The van der Waals surface area contributed by atoms with E-state index in [0.29, 0.717) is 0 Å². The van der Waals surface area contributed by atoms with E-state index in [1.807, 2.05) is 0 Å².